The van der Waals surface area contributed by atoms with Crippen molar-refractivity contribution in [3.8, 4) is 11.5 Å². The molecule has 0 heterocycles. The highest BCUT2D eigenvalue weighted by atomic mass is 35.5. The van der Waals surface area contributed by atoms with Gasteiger partial charge in [-0.25, -0.2) is 0 Å². The maximum absolute atomic E-state index is 12.2. The molecule has 0 aromatic heterocycles. The summed E-state index contributed by atoms with van der Waals surface area (Å²) in [5.41, 5.74) is 5.17. The van der Waals surface area contributed by atoms with E-state index < -0.39 is 11.8 Å². The minimum Gasteiger partial charge on any atom is -0.493 e. The van der Waals surface area contributed by atoms with Crippen molar-refractivity contribution >= 4 is 35.0 Å². The lowest BCUT2D eigenvalue weighted by Gasteiger charge is -2.12. The van der Waals surface area contributed by atoms with Crippen LogP contribution in [-0.4, -0.2) is 25.5 Å². The fourth-order valence-electron chi connectivity index (χ4n) is 2.08. The quantitative estimate of drug-likeness (QED) is 0.726. The fourth-order valence-corrected chi connectivity index (χ4v) is 2.61. The zero-order valence-corrected chi connectivity index (χ0v) is 15.8. The van der Waals surface area contributed by atoms with Crippen LogP contribution in [0.25, 0.3) is 0 Å². The van der Waals surface area contributed by atoms with E-state index in [1.807, 2.05) is 6.92 Å². The first-order valence-corrected chi connectivity index (χ1v) is 8.57. The first-order valence-electron chi connectivity index (χ1n) is 7.82. The molecule has 6 nitrogen and oxygen atoms in total. The predicted octanol–water partition coefficient (Wildman–Crippen LogP) is 3.87. The number of carbonyl (C=O) groups excluding carboxylic acids is 2. The second kappa shape index (κ2) is 9.31. The lowest BCUT2D eigenvalue weighted by Crippen LogP contribution is -2.41. The number of carbonyl (C=O) groups is 2. The minimum atomic E-state index is -0.544. The molecular formula is C18H18Cl2N2O4. The summed E-state index contributed by atoms with van der Waals surface area (Å²) in [4.78, 5) is 24.3. The van der Waals surface area contributed by atoms with Gasteiger partial charge in [-0.1, -0.05) is 30.1 Å². The zero-order valence-electron chi connectivity index (χ0n) is 14.3. The van der Waals surface area contributed by atoms with Crippen molar-refractivity contribution in [2.24, 2.45) is 0 Å². The first kappa shape index (κ1) is 19.9. The largest absolute Gasteiger partial charge is 0.493 e. The van der Waals surface area contributed by atoms with E-state index in [9.17, 15) is 9.59 Å². The van der Waals surface area contributed by atoms with Gasteiger partial charge in [-0.05, 0) is 42.8 Å². The van der Waals surface area contributed by atoms with Gasteiger partial charge in [-0.3, -0.25) is 20.4 Å². The van der Waals surface area contributed by atoms with Crippen LogP contribution in [0.4, 0.5) is 0 Å². The number of methoxy groups -OCH3 is 1. The van der Waals surface area contributed by atoms with Gasteiger partial charge in [0.25, 0.3) is 11.8 Å². The Balaban J connectivity index is 2.04. The fraction of sp³-hybridized carbons (Fsp3) is 0.222. The average molecular weight is 397 g/mol. The molecule has 0 radical (unpaired) electrons. The molecule has 0 saturated carbocycles. The van der Waals surface area contributed by atoms with Crippen molar-refractivity contribution in [3.05, 3.63) is 57.6 Å². The molecule has 0 atom stereocenters. The Kier molecular flexibility index (Phi) is 7.12. The molecule has 0 aliphatic rings. The summed E-state index contributed by atoms with van der Waals surface area (Å²) >= 11 is 11.7. The van der Waals surface area contributed by atoms with E-state index in [1.54, 1.807) is 12.1 Å². The molecule has 2 aromatic rings. The Morgan fingerprint density at radius 1 is 0.923 bits per heavy atom. The Labute approximate surface area is 161 Å². The van der Waals surface area contributed by atoms with E-state index in [2.05, 4.69) is 10.9 Å². The summed E-state index contributed by atoms with van der Waals surface area (Å²) in [7, 11) is 1.49. The number of hydrogen-bond acceptors (Lipinski definition) is 4. The highest BCUT2D eigenvalue weighted by molar-refractivity contribution is 6.35. The molecule has 0 aliphatic carbocycles. The summed E-state index contributed by atoms with van der Waals surface area (Å²) in [6, 6.07) is 9.14. The summed E-state index contributed by atoms with van der Waals surface area (Å²) < 4.78 is 10.8. The molecule has 0 fully saturated rings. The normalized spacial score (nSPS) is 10.2. The first-order chi connectivity index (χ1) is 12.4. The van der Waals surface area contributed by atoms with Crippen molar-refractivity contribution in [3.63, 3.8) is 0 Å². The topological polar surface area (TPSA) is 76.7 Å². The second-order valence-electron chi connectivity index (χ2n) is 5.28. The van der Waals surface area contributed by atoms with Crippen LogP contribution in [-0.2, 0) is 0 Å². The highest BCUT2D eigenvalue weighted by Gasteiger charge is 2.13. The Hall–Kier alpha value is -2.44. The standard InChI is InChI=1S/C18H18Cl2N2O4/c1-3-6-26-15-5-4-11(9-16(15)25-2)17(23)21-22-18(24)12-7-13(19)10-14(20)8-12/h4-5,7-10H,3,6H2,1-2H3,(H,21,23)(H,22,24). The van der Waals surface area contributed by atoms with Gasteiger partial charge >= 0.3 is 0 Å². The van der Waals surface area contributed by atoms with Crippen molar-refractivity contribution in [2.75, 3.05) is 13.7 Å². The number of amides is 2. The van der Waals surface area contributed by atoms with Crippen LogP contribution < -0.4 is 20.3 Å². The van der Waals surface area contributed by atoms with Crippen LogP contribution in [0.2, 0.25) is 10.0 Å². The third-order valence-corrected chi connectivity index (χ3v) is 3.74. The molecule has 2 aromatic carbocycles. The van der Waals surface area contributed by atoms with Crippen molar-refractivity contribution in [1.82, 2.24) is 10.9 Å². The van der Waals surface area contributed by atoms with Gasteiger partial charge in [-0.15, -0.1) is 0 Å². The van der Waals surface area contributed by atoms with Gasteiger partial charge in [0, 0.05) is 21.2 Å². The molecule has 2 rings (SSSR count). The van der Waals surface area contributed by atoms with E-state index in [-0.39, 0.29) is 5.56 Å². The van der Waals surface area contributed by atoms with Gasteiger partial charge in [0.05, 0.1) is 13.7 Å². The molecule has 138 valence electrons. The molecule has 0 unspecified atom stereocenters. The van der Waals surface area contributed by atoms with Crippen LogP contribution >= 0.6 is 23.2 Å². The molecule has 0 spiro atoms. The van der Waals surface area contributed by atoms with Crippen molar-refractivity contribution in [2.45, 2.75) is 13.3 Å². The number of benzene rings is 2. The maximum Gasteiger partial charge on any atom is 0.269 e. The van der Waals surface area contributed by atoms with Crippen LogP contribution in [0, 0.1) is 0 Å². The summed E-state index contributed by atoms with van der Waals surface area (Å²) in [6.07, 6.45) is 0.852. The third-order valence-electron chi connectivity index (χ3n) is 3.30. The highest BCUT2D eigenvalue weighted by Crippen LogP contribution is 2.28. The van der Waals surface area contributed by atoms with Crippen LogP contribution in [0.5, 0.6) is 11.5 Å². The molecule has 0 aliphatic heterocycles. The predicted molar refractivity (Wildman–Crippen MR) is 100 cm³/mol. The molecular weight excluding hydrogens is 379 g/mol. The number of ether oxygens (including phenoxy) is 2. The number of halogens is 2. The number of hydrogen-bond donors (Lipinski definition) is 2. The van der Waals surface area contributed by atoms with E-state index in [4.69, 9.17) is 32.7 Å². The lowest BCUT2D eigenvalue weighted by molar-refractivity contribution is 0.0846. The van der Waals surface area contributed by atoms with Crippen LogP contribution in [0.15, 0.2) is 36.4 Å². The maximum atomic E-state index is 12.2. The van der Waals surface area contributed by atoms with Gasteiger partial charge in [0.15, 0.2) is 11.5 Å². The van der Waals surface area contributed by atoms with Gasteiger partial charge in [-0.2, -0.15) is 0 Å². The minimum absolute atomic E-state index is 0.226. The molecule has 2 amide bonds. The molecule has 26 heavy (non-hydrogen) atoms. The Morgan fingerprint density at radius 2 is 1.54 bits per heavy atom. The zero-order chi connectivity index (χ0) is 19.1. The number of rotatable bonds is 6. The average Bonchev–Trinajstić information content (AvgIpc) is 2.63. The molecule has 0 saturated heterocycles. The summed E-state index contributed by atoms with van der Waals surface area (Å²) in [5, 5.41) is 0.641. The molecule has 2 N–H and O–H groups in total. The Morgan fingerprint density at radius 3 is 2.12 bits per heavy atom. The molecule has 0 bridgehead atoms. The lowest BCUT2D eigenvalue weighted by atomic mass is 10.2. The van der Waals surface area contributed by atoms with Gasteiger partial charge in [0.1, 0.15) is 0 Å². The Bertz CT molecular complexity index is 792. The van der Waals surface area contributed by atoms with E-state index in [0.29, 0.717) is 33.7 Å². The van der Waals surface area contributed by atoms with E-state index in [0.717, 1.165) is 6.42 Å². The van der Waals surface area contributed by atoms with Gasteiger partial charge in [0.2, 0.25) is 0 Å². The van der Waals surface area contributed by atoms with Crippen molar-refractivity contribution in [1.29, 1.82) is 0 Å². The summed E-state index contributed by atoms with van der Waals surface area (Å²) in [5.74, 6) is -0.0769. The van der Waals surface area contributed by atoms with Crippen LogP contribution in [0.3, 0.4) is 0 Å². The number of nitrogens with one attached hydrogen (secondary N) is 2. The summed E-state index contributed by atoms with van der Waals surface area (Å²) in [6.45, 7) is 2.53. The molecule has 8 heteroatoms. The smallest absolute Gasteiger partial charge is 0.269 e. The van der Waals surface area contributed by atoms with E-state index >= 15 is 0 Å². The SMILES string of the molecule is CCCOc1ccc(C(=O)NNC(=O)c2cc(Cl)cc(Cl)c2)cc1OC. The van der Waals surface area contributed by atoms with Crippen molar-refractivity contribution < 1.29 is 19.1 Å². The second-order valence-corrected chi connectivity index (χ2v) is 6.15. The third kappa shape index (κ3) is 5.28. The van der Waals surface area contributed by atoms with Crippen LogP contribution in [0.1, 0.15) is 34.1 Å². The van der Waals surface area contributed by atoms with Gasteiger partial charge < -0.3 is 9.47 Å². The number of hydrazine groups is 1. The monoisotopic (exact) mass is 396 g/mol. The van der Waals surface area contributed by atoms with E-state index in [1.165, 1.54) is 31.4 Å².